The first-order chi connectivity index (χ1) is 15.1. The van der Waals surface area contributed by atoms with Gasteiger partial charge in [0.05, 0.1) is 11.1 Å². The van der Waals surface area contributed by atoms with Crippen molar-refractivity contribution in [1.29, 1.82) is 0 Å². The second-order valence-electron chi connectivity index (χ2n) is 7.51. The smallest absolute Gasteiger partial charge is 0.262 e. The summed E-state index contributed by atoms with van der Waals surface area (Å²) in [5.74, 6) is -3.69. The quantitative estimate of drug-likeness (QED) is 0.641. The molecule has 168 valence electrons. The van der Waals surface area contributed by atoms with E-state index >= 15 is 0 Å². The maximum absolute atomic E-state index is 14.0. The van der Waals surface area contributed by atoms with Crippen molar-refractivity contribution in [3.63, 3.8) is 0 Å². The number of imide groups is 1. The van der Waals surface area contributed by atoms with Crippen LogP contribution in [0.2, 0.25) is 0 Å². The minimum absolute atomic E-state index is 0.00557. The molecule has 2 heterocycles. The van der Waals surface area contributed by atoms with Gasteiger partial charge in [0.15, 0.2) is 0 Å². The van der Waals surface area contributed by atoms with Crippen molar-refractivity contribution in [1.82, 2.24) is 14.1 Å². The molecule has 1 unspecified atom stereocenters. The molecule has 0 radical (unpaired) electrons. The lowest BCUT2D eigenvalue weighted by molar-refractivity contribution is -0.136. The number of halogens is 2. The van der Waals surface area contributed by atoms with Crippen LogP contribution in [-0.2, 0) is 14.8 Å². The first-order valence-corrected chi connectivity index (χ1v) is 11.3. The maximum Gasteiger partial charge on any atom is 0.262 e. The molecule has 0 bridgehead atoms. The lowest BCUT2D eigenvalue weighted by Gasteiger charge is -2.36. The van der Waals surface area contributed by atoms with Crippen molar-refractivity contribution in [2.24, 2.45) is 0 Å². The number of nitrogens with zero attached hydrogens (tertiary/aromatic N) is 3. The van der Waals surface area contributed by atoms with Gasteiger partial charge in [0.25, 0.3) is 11.8 Å². The van der Waals surface area contributed by atoms with Crippen LogP contribution in [0.25, 0.3) is 0 Å². The normalized spacial score (nSPS) is 18.1. The number of hydrogen-bond acceptors (Lipinski definition) is 5. The fourth-order valence-electron chi connectivity index (χ4n) is 3.91. The predicted molar refractivity (Wildman–Crippen MR) is 108 cm³/mol. The highest BCUT2D eigenvalue weighted by molar-refractivity contribution is 7.89. The van der Waals surface area contributed by atoms with Crippen molar-refractivity contribution in [3.05, 3.63) is 65.2 Å². The van der Waals surface area contributed by atoms with Gasteiger partial charge in [-0.3, -0.25) is 19.3 Å². The molecular formula is C21H19F2N3O5S. The lowest BCUT2D eigenvalue weighted by atomic mass is 10.1. The molecule has 1 saturated heterocycles. The zero-order chi connectivity index (χ0) is 23.2. The zero-order valence-corrected chi connectivity index (χ0v) is 17.8. The highest BCUT2D eigenvalue weighted by Gasteiger charge is 2.42. The third kappa shape index (κ3) is 3.56. The Labute approximate surface area is 183 Å². The summed E-state index contributed by atoms with van der Waals surface area (Å²) in [6.45, 7) is 1.21. The van der Waals surface area contributed by atoms with Gasteiger partial charge in [-0.25, -0.2) is 17.2 Å². The summed E-state index contributed by atoms with van der Waals surface area (Å²) in [5.41, 5.74) is 0.462. The average molecular weight is 463 g/mol. The molecule has 11 heteroatoms. The van der Waals surface area contributed by atoms with Crippen LogP contribution in [0.15, 0.2) is 47.4 Å². The van der Waals surface area contributed by atoms with E-state index in [0.29, 0.717) is 6.07 Å². The molecule has 1 fully saturated rings. The Balaban J connectivity index is 1.45. The molecule has 0 spiro atoms. The van der Waals surface area contributed by atoms with E-state index in [1.54, 1.807) is 12.1 Å². The lowest BCUT2D eigenvalue weighted by Crippen LogP contribution is -2.56. The minimum Gasteiger partial charge on any atom is -0.338 e. The molecule has 0 aliphatic carbocycles. The molecule has 2 aliphatic rings. The van der Waals surface area contributed by atoms with Gasteiger partial charge < -0.3 is 4.90 Å². The maximum atomic E-state index is 14.0. The number of carbonyl (C=O) groups is 3. The molecule has 2 aromatic rings. The van der Waals surface area contributed by atoms with E-state index in [0.717, 1.165) is 21.3 Å². The van der Waals surface area contributed by atoms with Crippen LogP contribution in [0, 0.1) is 11.6 Å². The third-order valence-corrected chi connectivity index (χ3v) is 7.56. The molecule has 1 atom stereocenters. The van der Waals surface area contributed by atoms with Gasteiger partial charge in [0.2, 0.25) is 15.9 Å². The Morgan fingerprint density at radius 3 is 2.03 bits per heavy atom. The molecule has 2 aromatic carbocycles. The van der Waals surface area contributed by atoms with Crippen LogP contribution in [0.1, 0.15) is 27.6 Å². The van der Waals surface area contributed by atoms with Gasteiger partial charge >= 0.3 is 0 Å². The largest absolute Gasteiger partial charge is 0.338 e. The molecule has 4 rings (SSSR count). The summed E-state index contributed by atoms with van der Waals surface area (Å²) < 4.78 is 53.6. The topological polar surface area (TPSA) is 95.1 Å². The molecule has 0 N–H and O–H groups in total. The number of piperazine rings is 1. The number of hydrogen-bond donors (Lipinski definition) is 0. The highest BCUT2D eigenvalue weighted by atomic mass is 32.2. The number of fused-ring (bicyclic) bond motifs is 1. The van der Waals surface area contributed by atoms with E-state index in [2.05, 4.69) is 0 Å². The third-order valence-electron chi connectivity index (χ3n) is 5.63. The predicted octanol–water partition coefficient (Wildman–Crippen LogP) is 1.48. The first-order valence-electron chi connectivity index (χ1n) is 9.84. The number of amides is 3. The van der Waals surface area contributed by atoms with E-state index in [1.807, 2.05) is 0 Å². The molecule has 2 aliphatic heterocycles. The summed E-state index contributed by atoms with van der Waals surface area (Å²) in [6.07, 6.45) is 0. The van der Waals surface area contributed by atoms with Crippen LogP contribution in [0.5, 0.6) is 0 Å². The van der Waals surface area contributed by atoms with Crippen molar-refractivity contribution in [2.45, 2.75) is 17.9 Å². The Morgan fingerprint density at radius 1 is 0.938 bits per heavy atom. The molecule has 0 aromatic heterocycles. The van der Waals surface area contributed by atoms with Crippen molar-refractivity contribution in [2.75, 3.05) is 26.2 Å². The molecular weight excluding hydrogens is 444 g/mol. The summed E-state index contributed by atoms with van der Waals surface area (Å²) in [7, 11) is -4.21. The number of carbonyl (C=O) groups excluding carboxylic acids is 3. The summed E-state index contributed by atoms with van der Waals surface area (Å²) in [6, 6.07) is 7.45. The zero-order valence-electron chi connectivity index (χ0n) is 17.0. The first kappa shape index (κ1) is 22.0. The summed E-state index contributed by atoms with van der Waals surface area (Å²) in [5, 5.41) is 0. The van der Waals surface area contributed by atoms with Crippen LogP contribution in [-0.4, -0.2) is 72.5 Å². The van der Waals surface area contributed by atoms with E-state index < -0.39 is 50.3 Å². The Kier molecular flexibility index (Phi) is 5.55. The fraction of sp³-hybridized carbons (Fsp3) is 0.286. The van der Waals surface area contributed by atoms with Crippen molar-refractivity contribution in [3.8, 4) is 0 Å². The van der Waals surface area contributed by atoms with E-state index in [1.165, 1.54) is 24.0 Å². The van der Waals surface area contributed by atoms with Crippen LogP contribution >= 0.6 is 0 Å². The van der Waals surface area contributed by atoms with Gasteiger partial charge in [-0.15, -0.1) is 0 Å². The standard InChI is InChI=1S/C21H19F2N3O5S/c1-13(26-20(28)15-4-2-3-5-16(15)21(26)29)19(27)24-8-10-25(11-9-24)32(30,31)18-7-6-14(22)12-17(18)23/h2-7,12-13H,8-11H2,1H3. The van der Waals surface area contributed by atoms with Crippen molar-refractivity contribution < 1.29 is 31.6 Å². The van der Waals surface area contributed by atoms with E-state index in [-0.39, 0.29) is 37.3 Å². The average Bonchev–Trinajstić information content (AvgIpc) is 3.03. The number of benzene rings is 2. The van der Waals surface area contributed by atoms with Gasteiger partial charge in [0, 0.05) is 32.2 Å². The molecule has 8 nitrogen and oxygen atoms in total. The van der Waals surface area contributed by atoms with Crippen LogP contribution < -0.4 is 0 Å². The van der Waals surface area contributed by atoms with Crippen molar-refractivity contribution >= 4 is 27.7 Å². The number of sulfonamides is 1. The van der Waals surface area contributed by atoms with Crippen LogP contribution in [0.4, 0.5) is 8.78 Å². The van der Waals surface area contributed by atoms with Gasteiger partial charge in [0.1, 0.15) is 22.6 Å². The van der Waals surface area contributed by atoms with E-state index in [9.17, 15) is 31.6 Å². The SMILES string of the molecule is CC(C(=O)N1CCN(S(=O)(=O)c2ccc(F)cc2F)CC1)N1C(=O)c2ccccc2C1=O. The fourth-order valence-corrected chi connectivity index (χ4v) is 5.37. The highest BCUT2D eigenvalue weighted by Crippen LogP contribution is 2.26. The Bertz CT molecular complexity index is 1190. The summed E-state index contributed by atoms with van der Waals surface area (Å²) in [4.78, 5) is 39.8. The second kappa shape index (κ2) is 8.06. The summed E-state index contributed by atoms with van der Waals surface area (Å²) >= 11 is 0. The van der Waals surface area contributed by atoms with Gasteiger partial charge in [-0.1, -0.05) is 12.1 Å². The Hall–Kier alpha value is -3.18. The van der Waals surface area contributed by atoms with Crippen LogP contribution in [0.3, 0.4) is 0 Å². The van der Waals surface area contributed by atoms with Gasteiger partial charge in [-0.05, 0) is 31.2 Å². The Morgan fingerprint density at radius 2 is 1.50 bits per heavy atom. The molecule has 32 heavy (non-hydrogen) atoms. The van der Waals surface area contributed by atoms with Gasteiger partial charge in [-0.2, -0.15) is 4.31 Å². The second-order valence-corrected chi connectivity index (χ2v) is 9.41. The van der Waals surface area contributed by atoms with E-state index in [4.69, 9.17) is 0 Å². The minimum atomic E-state index is -4.21. The molecule has 3 amide bonds. The monoisotopic (exact) mass is 463 g/mol. The molecule has 0 saturated carbocycles. The number of rotatable bonds is 4.